The maximum atomic E-state index is 13.1. The molecule has 4 atom stereocenters. The Bertz CT molecular complexity index is 6480. The van der Waals surface area contributed by atoms with Gasteiger partial charge in [0.05, 0.1) is 112 Å². The summed E-state index contributed by atoms with van der Waals surface area (Å²) in [6.45, 7) is 12.5. The molecule has 0 radical (unpaired) electrons. The number of ether oxygens (including phenoxy) is 4. The number of urea groups is 4. The molecular formula is C98H88N20O16. The van der Waals surface area contributed by atoms with Crippen molar-refractivity contribution in [2.75, 3.05) is 54.6 Å². The van der Waals surface area contributed by atoms with Gasteiger partial charge in [-0.2, -0.15) is 0 Å². The monoisotopic (exact) mass is 1800 g/mol. The SMILES string of the molecule is COc1ccc2c(c1)C(=O)N(C[C@@]1(c3ccc(-c4nc(C)cnc4C)cc3)NC(=O)NC1=O)C2.COc1ccc2c(c1)C(=O)N(C[C@@]1(c3ccc(-c4nccnc4C)cc3)NC(=O)NC1=O)C2.COc1ccc2c(c1)C(=O)N(C[C@]1(c3ccc(-c4nc(C)cnc4C)cc3)NC(=O)NC1=O)C2.COc1ccc2c(c1)C(=O)N(C[C@]1(c3ccc(-c4nccnc4C)cc3)NC(=O)NC1=O)C2. The highest BCUT2D eigenvalue weighted by atomic mass is 16.5. The van der Waals surface area contributed by atoms with Crippen LogP contribution in [-0.4, -0.2) is 185 Å². The molecule has 4 aromatic heterocycles. The molecule has 0 aliphatic carbocycles. The molecule has 12 aromatic rings. The number of carbonyl (C=O) groups is 12. The number of fused-ring (bicyclic) bond motifs is 4. The van der Waals surface area contributed by atoms with Gasteiger partial charge in [-0.3, -0.25) is 89.5 Å². The lowest BCUT2D eigenvalue weighted by Gasteiger charge is -2.31. The fraction of sp³-hybridized carbons (Fsp3) is 0.224. The largest absolute Gasteiger partial charge is 0.497 e. The maximum absolute atomic E-state index is 13.1. The summed E-state index contributed by atoms with van der Waals surface area (Å²) < 4.78 is 20.9. The van der Waals surface area contributed by atoms with E-state index in [0.717, 1.165) is 101 Å². The molecule has 36 nitrogen and oxygen atoms in total. The minimum Gasteiger partial charge on any atom is -0.497 e. The van der Waals surface area contributed by atoms with Crippen LogP contribution in [0.25, 0.3) is 45.0 Å². The average Bonchev–Trinajstić information content (AvgIpc) is 1.60. The maximum Gasteiger partial charge on any atom is 0.322 e. The van der Waals surface area contributed by atoms with Crippen LogP contribution in [0.3, 0.4) is 0 Å². The predicted octanol–water partition coefficient (Wildman–Crippen LogP) is 9.22. The van der Waals surface area contributed by atoms with E-state index < -0.39 is 69.9 Å². The minimum absolute atomic E-state index is 0.0100. The second-order valence-electron chi connectivity index (χ2n) is 33.2. The molecule has 134 heavy (non-hydrogen) atoms. The van der Waals surface area contributed by atoms with Crippen LogP contribution in [0, 0.1) is 41.5 Å². The summed E-state index contributed by atoms with van der Waals surface area (Å²) in [5, 5.41) is 20.3. The van der Waals surface area contributed by atoms with E-state index >= 15 is 0 Å². The normalized spacial score (nSPS) is 19.2. The number of imide groups is 4. The fourth-order valence-electron chi connectivity index (χ4n) is 17.8. The van der Waals surface area contributed by atoms with Gasteiger partial charge in [-0.25, -0.2) is 29.1 Å². The van der Waals surface area contributed by atoms with Crippen LogP contribution in [0.15, 0.2) is 207 Å². The second-order valence-corrected chi connectivity index (χ2v) is 33.2. The van der Waals surface area contributed by atoms with Gasteiger partial charge < -0.3 is 59.8 Å². The molecule has 0 bridgehead atoms. The van der Waals surface area contributed by atoms with Gasteiger partial charge in [0.1, 0.15) is 23.0 Å². The summed E-state index contributed by atoms with van der Waals surface area (Å²) in [7, 11) is 6.16. The number of amides is 16. The van der Waals surface area contributed by atoms with Gasteiger partial charge in [-0.1, -0.05) is 121 Å². The molecule has 8 N–H and O–H groups in total. The molecule has 0 saturated carbocycles. The van der Waals surface area contributed by atoms with Gasteiger partial charge in [0, 0.05) is 108 Å². The van der Waals surface area contributed by atoms with Gasteiger partial charge >= 0.3 is 24.1 Å². The van der Waals surface area contributed by atoms with Crippen molar-refractivity contribution in [3.05, 3.63) is 308 Å². The summed E-state index contributed by atoms with van der Waals surface area (Å²) in [5.41, 5.74) is 13.2. The van der Waals surface area contributed by atoms with Crippen LogP contribution in [0.4, 0.5) is 19.2 Å². The van der Waals surface area contributed by atoms with E-state index in [4.69, 9.17) is 18.9 Å². The quantitative estimate of drug-likeness (QED) is 0.0329. The molecule has 8 aliphatic rings. The minimum atomic E-state index is -1.41. The van der Waals surface area contributed by atoms with Gasteiger partial charge in [0.25, 0.3) is 47.3 Å². The van der Waals surface area contributed by atoms with Crippen molar-refractivity contribution >= 4 is 71.4 Å². The van der Waals surface area contributed by atoms with Crippen LogP contribution in [0.1, 0.15) is 120 Å². The van der Waals surface area contributed by atoms with Gasteiger partial charge in [-0.05, 0) is 135 Å². The van der Waals surface area contributed by atoms with E-state index in [1.165, 1.54) is 0 Å². The zero-order valence-corrected chi connectivity index (χ0v) is 74.2. The lowest BCUT2D eigenvalue weighted by molar-refractivity contribution is -0.125. The molecule has 4 saturated heterocycles. The van der Waals surface area contributed by atoms with Crippen molar-refractivity contribution in [3.63, 3.8) is 0 Å². The summed E-state index contributed by atoms with van der Waals surface area (Å²) in [5.74, 6) is -0.546. The zero-order valence-electron chi connectivity index (χ0n) is 74.2. The number of rotatable bonds is 20. The molecule has 36 heteroatoms. The van der Waals surface area contributed by atoms with E-state index in [1.54, 1.807) is 182 Å². The standard InChI is InChI=1S/2C25H23N5O4.2C24H21N5O4/c2*1-14-11-26-15(2)21(27-14)16-4-7-18(8-5-16)25(23(32)28-24(33)29-25)13-30-12-17-6-9-19(34-3)10-20(17)22(30)31;2*1-14-20(26-10-9-25-14)15-3-6-17(7-4-15)24(22(31)27-23(32)28-24)13-29-12-16-5-8-18(33-2)11-19(16)21(29)30/h2*4-11H,12-13H2,1-3H3,(H2,28,29,32,33);2*3-11H,12-13H2,1-2H3,(H2,27,28,31,32)/t2*25-;2*24-/m1010/s1. The molecule has 0 unspecified atom stereocenters. The third kappa shape index (κ3) is 16.7. The number of benzene rings is 8. The highest BCUT2D eigenvalue weighted by Gasteiger charge is 2.55. The Balaban J connectivity index is 0.000000124. The zero-order chi connectivity index (χ0) is 94.4. The summed E-state index contributed by atoms with van der Waals surface area (Å²) in [6, 6.07) is 47.8. The van der Waals surface area contributed by atoms with Gasteiger partial charge in [-0.15, -0.1) is 0 Å². The number of aromatic nitrogens is 8. The number of methoxy groups -OCH3 is 4. The molecule has 20 rings (SSSR count). The lowest BCUT2D eigenvalue weighted by Crippen LogP contribution is -2.52. The first kappa shape index (κ1) is 88.9. The number of nitrogens with one attached hydrogen (secondary N) is 8. The molecule has 8 aromatic carbocycles. The number of hydrogen-bond acceptors (Lipinski definition) is 24. The number of nitrogens with zero attached hydrogens (tertiary/aromatic N) is 12. The highest BCUT2D eigenvalue weighted by Crippen LogP contribution is 2.41. The summed E-state index contributed by atoms with van der Waals surface area (Å²) >= 11 is 0. The molecule has 8 aliphatic heterocycles. The van der Waals surface area contributed by atoms with Crippen LogP contribution in [0.2, 0.25) is 0 Å². The summed E-state index contributed by atoms with van der Waals surface area (Å²) in [4.78, 5) is 195. The number of carbonyl (C=O) groups excluding carboxylic acids is 12. The van der Waals surface area contributed by atoms with E-state index in [-0.39, 0.29) is 49.8 Å². The Morgan fingerprint density at radius 1 is 0.284 bits per heavy atom. The van der Waals surface area contributed by atoms with Crippen molar-refractivity contribution < 1.29 is 76.5 Å². The van der Waals surface area contributed by atoms with Crippen LogP contribution in [-0.2, 0) is 67.5 Å². The van der Waals surface area contributed by atoms with Crippen molar-refractivity contribution in [1.29, 1.82) is 0 Å². The first-order chi connectivity index (χ1) is 64.4. The van der Waals surface area contributed by atoms with Crippen LogP contribution in [0.5, 0.6) is 23.0 Å². The van der Waals surface area contributed by atoms with Gasteiger partial charge in [0.2, 0.25) is 0 Å². The lowest BCUT2D eigenvalue weighted by atomic mass is 9.88. The van der Waals surface area contributed by atoms with E-state index in [2.05, 4.69) is 82.4 Å². The smallest absolute Gasteiger partial charge is 0.322 e. The molecule has 12 heterocycles. The Morgan fingerprint density at radius 2 is 0.507 bits per heavy atom. The first-order valence-corrected chi connectivity index (χ1v) is 42.4. The third-order valence-corrected chi connectivity index (χ3v) is 24.8. The average molecular weight is 1800 g/mol. The summed E-state index contributed by atoms with van der Waals surface area (Å²) in [6.07, 6.45) is 9.91. The molecule has 4 fully saturated rings. The number of hydrogen-bond donors (Lipinski definition) is 8. The first-order valence-electron chi connectivity index (χ1n) is 42.4. The Hall–Kier alpha value is -17.1. The molecule has 676 valence electrons. The highest BCUT2D eigenvalue weighted by molar-refractivity contribution is 6.12. The Morgan fingerprint density at radius 3 is 0.724 bits per heavy atom. The molecular weight excluding hydrogens is 1710 g/mol. The molecule has 0 spiro atoms. The van der Waals surface area contributed by atoms with Crippen LogP contribution >= 0.6 is 0 Å². The Labute approximate surface area is 766 Å². The van der Waals surface area contributed by atoms with E-state index in [0.29, 0.717) is 93.7 Å². The van der Waals surface area contributed by atoms with Crippen molar-refractivity contribution in [2.45, 2.75) is 89.9 Å². The van der Waals surface area contributed by atoms with Crippen molar-refractivity contribution in [3.8, 4) is 68.0 Å². The number of aryl methyl sites for hydroxylation is 6. The topological polar surface area (TPSA) is 454 Å². The molecule has 16 amide bonds. The third-order valence-electron chi connectivity index (χ3n) is 24.8. The van der Waals surface area contributed by atoms with E-state index in [9.17, 15) is 57.5 Å². The predicted molar refractivity (Wildman–Crippen MR) is 483 cm³/mol. The van der Waals surface area contributed by atoms with E-state index in [1.807, 2.05) is 114 Å². The fourth-order valence-corrected chi connectivity index (χ4v) is 17.8. The van der Waals surface area contributed by atoms with Gasteiger partial charge in [0.15, 0.2) is 22.2 Å². The Kier molecular flexibility index (Phi) is 23.7. The van der Waals surface area contributed by atoms with Crippen molar-refractivity contribution in [2.24, 2.45) is 0 Å². The van der Waals surface area contributed by atoms with Crippen molar-refractivity contribution in [1.82, 2.24) is 102 Å². The van der Waals surface area contributed by atoms with Crippen LogP contribution < -0.4 is 61.5 Å². The second kappa shape index (κ2) is 35.8.